The van der Waals surface area contributed by atoms with Crippen LogP contribution < -0.4 is 5.32 Å². The lowest BCUT2D eigenvalue weighted by atomic mass is 10.2. The molecular formula is C10H15N3O3. The summed E-state index contributed by atoms with van der Waals surface area (Å²) in [5.41, 5.74) is -0.127. The topological polar surface area (TPSA) is 84.3 Å². The lowest BCUT2D eigenvalue weighted by molar-refractivity contribution is 0.0635. The van der Waals surface area contributed by atoms with Crippen molar-refractivity contribution in [3.8, 4) is 0 Å². The van der Waals surface area contributed by atoms with Gasteiger partial charge in [0.15, 0.2) is 0 Å². The zero-order chi connectivity index (χ0) is 12.2. The van der Waals surface area contributed by atoms with E-state index in [4.69, 9.17) is 9.84 Å². The first-order valence-corrected chi connectivity index (χ1v) is 4.82. The van der Waals surface area contributed by atoms with Crippen LogP contribution in [0.25, 0.3) is 0 Å². The van der Waals surface area contributed by atoms with Crippen molar-refractivity contribution in [1.82, 2.24) is 9.97 Å². The van der Waals surface area contributed by atoms with E-state index in [0.29, 0.717) is 11.5 Å². The molecule has 88 valence electrons. The van der Waals surface area contributed by atoms with E-state index in [0.717, 1.165) is 0 Å². The van der Waals surface area contributed by atoms with E-state index in [-0.39, 0.29) is 6.61 Å². The standard InChI is InChI=1S/C10H15N3O3/c1-10(2,3)16-9(15)13-8-4-7(5-14)11-6-12-8/h4,6,14H,5H2,1-3H3,(H,11,12,13,15). The molecule has 0 atom stereocenters. The first-order valence-electron chi connectivity index (χ1n) is 4.82. The highest BCUT2D eigenvalue weighted by Gasteiger charge is 2.16. The fourth-order valence-electron chi connectivity index (χ4n) is 0.961. The molecule has 0 bridgehead atoms. The zero-order valence-corrected chi connectivity index (χ0v) is 9.52. The van der Waals surface area contributed by atoms with Gasteiger partial charge in [0, 0.05) is 6.07 Å². The number of aliphatic hydroxyl groups excluding tert-OH is 1. The minimum absolute atomic E-state index is 0.203. The monoisotopic (exact) mass is 225 g/mol. The maximum Gasteiger partial charge on any atom is 0.413 e. The van der Waals surface area contributed by atoms with Gasteiger partial charge in [-0.3, -0.25) is 5.32 Å². The number of nitrogens with zero attached hydrogens (tertiary/aromatic N) is 2. The molecule has 0 saturated carbocycles. The van der Waals surface area contributed by atoms with Crippen molar-refractivity contribution in [2.24, 2.45) is 0 Å². The molecule has 1 heterocycles. The van der Waals surface area contributed by atoms with E-state index in [9.17, 15) is 4.79 Å². The third-order valence-corrected chi connectivity index (χ3v) is 1.51. The van der Waals surface area contributed by atoms with Crippen LogP contribution in [0.5, 0.6) is 0 Å². The van der Waals surface area contributed by atoms with Gasteiger partial charge >= 0.3 is 6.09 Å². The molecular weight excluding hydrogens is 210 g/mol. The molecule has 0 unspecified atom stereocenters. The fourth-order valence-corrected chi connectivity index (χ4v) is 0.961. The van der Waals surface area contributed by atoms with Crippen LogP contribution >= 0.6 is 0 Å². The number of rotatable bonds is 2. The van der Waals surface area contributed by atoms with Crippen molar-refractivity contribution < 1.29 is 14.6 Å². The van der Waals surface area contributed by atoms with Gasteiger partial charge in [-0.1, -0.05) is 0 Å². The normalized spacial score (nSPS) is 11.0. The van der Waals surface area contributed by atoms with Gasteiger partial charge in [0.1, 0.15) is 17.7 Å². The molecule has 0 aliphatic rings. The number of hydrogen-bond acceptors (Lipinski definition) is 5. The Bertz CT molecular complexity index is 374. The van der Waals surface area contributed by atoms with Crippen molar-refractivity contribution in [1.29, 1.82) is 0 Å². The predicted molar refractivity (Wildman–Crippen MR) is 57.8 cm³/mol. The molecule has 0 saturated heterocycles. The molecule has 1 amide bonds. The number of nitrogens with one attached hydrogen (secondary N) is 1. The minimum atomic E-state index is -0.588. The molecule has 1 aromatic rings. The van der Waals surface area contributed by atoms with E-state index in [1.54, 1.807) is 20.8 Å². The summed E-state index contributed by atoms with van der Waals surface area (Å²) < 4.78 is 5.04. The van der Waals surface area contributed by atoms with Gasteiger partial charge < -0.3 is 9.84 Å². The van der Waals surface area contributed by atoms with E-state index < -0.39 is 11.7 Å². The Kier molecular flexibility index (Phi) is 3.78. The largest absolute Gasteiger partial charge is 0.444 e. The van der Waals surface area contributed by atoms with Gasteiger partial charge in [0.25, 0.3) is 0 Å². The average Bonchev–Trinajstić information content (AvgIpc) is 2.15. The van der Waals surface area contributed by atoms with E-state index in [1.165, 1.54) is 12.4 Å². The summed E-state index contributed by atoms with van der Waals surface area (Å²) in [7, 11) is 0. The van der Waals surface area contributed by atoms with Crippen molar-refractivity contribution >= 4 is 11.9 Å². The quantitative estimate of drug-likeness (QED) is 0.792. The molecule has 0 aromatic carbocycles. The van der Waals surface area contributed by atoms with Crippen LogP contribution in [0.15, 0.2) is 12.4 Å². The molecule has 6 heteroatoms. The van der Waals surface area contributed by atoms with E-state index >= 15 is 0 Å². The van der Waals surface area contributed by atoms with Gasteiger partial charge in [0.2, 0.25) is 0 Å². The molecule has 1 aromatic heterocycles. The number of carbonyl (C=O) groups excluding carboxylic acids is 1. The number of hydrogen-bond donors (Lipinski definition) is 2. The van der Waals surface area contributed by atoms with E-state index in [2.05, 4.69) is 15.3 Å². The van der Waals surface area contributed by atoms with Crippen LogP contribution in [0.1, 0.15) is 26.5 Å². The third kappa shape index (κ3) is 4.22. The zero-order valence-electron chi connectivity index (χ0n) is 9.52. The molecule has 0 fully saturated rings. The highest BCUT2D eigenvalue weighted by Crippen LogP contribution is 2.10. The summed E-state index contributed by atoms with van der Waals surface area (Å²) in [6, 6.07) is 1.48. The predicted octanol–water partition coefficient (Wildman–Crippen LogP) is 1.32. The SMILES string of the molecule is CC(C)(C)OC(=O)Nc1cc(CO)ncn1. The minimum Gasteiger partial charge on any atom is -0.444 e. The number of aliphatic hydroxyl groups is 1. The second kappa shape index (κ2) is 4.89. The third-order valence-electron chi connectivity index (χ3n) is 1.51. The first kappa shape index (κ1) is 12.4. The summed E-state index contributed by atoms with van der Waals surface area (Å²) in [5.74, 6) is 0.299. The van der Waals surface area contributed by atoms with Gasteiger partial charge in [-0.2, -0.15) is 0 Å². The summed E-state index contributed by atoms with van der Waals surface area (Å²) in [6.45, 7) is 5.11. The van der Waals surface area contributed by atoms with Gasteiger partial charge in [0.05, 0.1) is 12.3 Å². The van der Waals surface area contributed by atoms with Crippen LogP contribution in [0.3, 0.4) is 0 Å². The number of aromatic nitrogens is 2. The summed E-state index contributed by atoms with van der Waals surface area (Å²) in [6.07, 6.45) is 0.674. The van der Waals surface area contributed by atoms with E-state index in [1.807, 2.05) is 0 Å². The maximum absolute atomic E-state index is 11.4. The summed E-state index contributed by atoms with van der Waals surface area (Å²) >= 11 is 0. The highest BCUT2D eigenvalue weighted by atomic mass is 16.6. The molecule has 0 aliphatic carbocycles. The van der Waals surface area contributed by atoms with Gasteiger partial charge in [-0.15, -0.1) is 0 Å². The number of anilines is 1. The lowest BCUT2D eigenvalue weighted by Gasteiger charge is -2.19. The Morgan fingerprint density at radius 2 is 2.19 bits per heavy atom. The Morgan fingerprint density at radius 3 is 2.75 bits per heavy atom. The summed E-state index contributed by atoms with van der Waals surface area (Å²) in [5, 5.41) is 11.3. The smallest absolute Gasteiger partial charge is 0.413 e. The molecule has 16 heavy (non-hydrogen) atoms. The lowest BCUT2D eigenvalue weighted by Crippen LogP contribution is -2.27. The number of amides is 1. The Hall–Kier alpha value is -1.69. The van der Waals surface area contributed by atoms with Gasteiger partial charge in [-0.05, 0) is 20.8 Å². The van der Waals surface area contributed by atoms with Crippen molar-refractivity contribution in [3.63, 3.8) is 0 Å². The number of carbonyl (C=O) groups is 1. The summed E-state index contributed by atoms with van der Waals surface area (Å²) in [4.78, 5) is 19.0. The molecule has 6 nitrogen and oxygen atoms in total. The van der Waals surface area contributed by atoms with Crippen LogP contribution in [-0.4, -0.2) is 26.8 Å². The van der Waals surface area contributed by atoms with Crippen LogP contribution in [0, 0.1) is 0 Å². The Balaban J connectivity index is 2.62. The van der Waals surface area contributed by atoms with Gasteiger partial charge in [-0.25, -0.2) is 14.8 Å². The van der Waals surface area contributed by atoms with Crippen molar-refractivity contribution in [2.45, 2.75) is 33.0 Å². The van der Waals surface area contributed by atoms with Crippen LogP contribution in [0.4, 0.5) is 10.6 Å². The molecule has 0 radical (unpaired) electrons. The fraction of sp³-hybridized carbons (Fsp3) is 0.500. The molecule has 0 aliphatic heterocycles. The molecule has 1 rings (SSSR count). The first-order chi connectivity index (χ1) is 7.40. The maximum atomic E-state index is 11.4. The average molecular weight is 225 g/mol. The van der Waals surface area contributed by atoms with Crippen molar-refractivity contribution in [3.05, 3.63) is 18.1 Å². The van der Waals surface area contributed by atoms with Crippen LogP contribution in [-0.2, 0) is 11.3 Å². The van der Waals surface area contributed by atoms with Crippen molar-refractivity contribution in [2.75, 3.05) is 5.32 Å². The molecule has 2 N–H and O–H groups in total. The number of ether oxygens (including phenoxy) is 1. The second-order valence-corrected chi connectivity index (χ2v) is 4.18. The Morgan fingerprint density at radius 1 is 1.50 bits per heavy atom. The second-order valence-electron chi connectivity index (χ2n) is 4.18. The Labute approximate surface area is 93.7 Å². The molecule has 0 spiro atoms. The van der Waals surface area contributed by atoms with Crippen LogP contribution in [0.2, 0.25) is 0 Å². The highest BCUT2D eigenvalue weighted by molar-refractivity contribution is 5.83.